The van der Waals surface area contributed by atoms with Gasteiger partial charge in [-0.15, -0.1) is 0 Å². The molecule has 0 radical (unpaired) electrons. The molecule has 1 aliphatic heterocycles. The Morgan fingerprint density at radius 3 is 2.68 bits per heavy atom. The minimum Gasteiger partial charge on any atom is -0.373 e. The SMILES string of the molecule is CC1CN(CCCNc2nc(-c3cccnc3)nc3ccccc23)CC(C)O1. The molecule has 0 bridgehead atoms. The van der Waals surface area contributed by atoms with E-state index in [1.54, 1.807) is 12.4 Å². The molecule has 28 heavy (non-hydrogen) atoms. The third kappa shape index (κ3) is 4.46. The van der Waals surface area contributed by atoms with Crippen molar-refractivity contribution >= 4 is 16.7 Å². The standard InChI is InChI=1S/C22H27N5O/c1-16-14-27(15-17(2)28-16)12-6-11-24-22-19-8-3-4-9-20(19)25-21(26-22)18-7-5-10-23-13-18/h3-5,7-10,13,16-17H,6,11-12,14-15H2,1-2H3,(H,24,25,26). The van der Waals surface area contributed by atoms with Crippen LogP contribution in [-0.2, 0) is 4.74 Å². The van der Waals surface area contributed by atoms with E-state index in [-0.39, 0.29) is 0 Å². The van der Waals surface area contributed by atoms with Crippen LogP contribution in [0.25, 0.3) is 22.3 Å². The van der Waals surface area contributed by atoms with E-state index < -0.39 is 0 Å². The van der Waals surface area contributed by atoms with Crippen LogP contribution in [0.3, 0.4) is 0 Å². The van der Waals surface area contributed by atoms with Crippen LogP contribution in [-0.4, -0.2) is 58.2 Å². The second-order valence-corrected chi connectivity index (χ2v) is 7.45. The fraction of sp³-hybridized carbons (Fsp3) is 0.409. The quantitative estimate of drug-likeness (QED) is 0.662. The lowest BCUT2D eigenvalue weighted by molar-refractivity contribution is -0.0678. The van der Waals surface area contributed by atoms with Gasteiger partial charge in [0.2, 0.25) is 0 Å². The van der Waals surface area contributed by atoms with E-state index in [2.05, 4.69) is 35.1 Å². The average Bonchev–Trinajstić information content (AvgIpc) is 2.71. The molecule has 0 amide bonds. The fourth-order valence-electron chi connectivity index (χ4n) is 3.81. The molecule has 3 aromatic rings. The molecule has 146 valence electrons. The van der Waals surface area contributed by atoms with Crippen LogP contribution < -0.4 is 5.32 Å². The lowest BCUT2D eigenvalue weighted by Gasteiger charge is -2.35. The first-order valence-electron chi connectivity index (χ1n) is 9.98. The van der Waals surface area contributed by atoms with Gasteiger partial charge in [-0.25, -0.2) is 9.97 Å². The average molecular weight is 377 g/mol. The van der Waals surface area contributed by atoms with E-state index >= 15 is 0 Å². The molecule has 1 N–H and O–H groups in total. The monoisotopic (exact) mass is 377 g/mol. The van der Waals surface area contributed by atoms with Gasteiger partial charge in [0.15, 0.2) is 5.82 Å². The molecule has 1 fully saturated rings. The van der Waals surface area contributed by atoms with Crippen molar-refractivity contribution in [3.63, 3.8) is 0 Å². The van der Waals surface area contributed by atoms with Crippen LogP contribution >= 0.6 is 0 Å². The van der Waals surface area contributed by atoms with Gasteiger partial charge in [0, 0.05) is 49.5 Å². The molecule has 6 nitrogen and oxygen atoms in total. The summed E-state index contributed by atoms with van der Waals surface area (Å²) < 4.78 is 5.82. The topological polar surface area (TPSA) is 63.2 Å². The first-order valence-corrected chi connectivity index (χ1v) is 9.98. The maximum atomic E-state index is 5.82. The maximum Gasteiger partial charge on any atom is 0.163 e. The molecule has 2 unspecified atom stereocenters. The summed E-state index contributed by atoms with van der Waals surface area (Å²) in [5.74, 6) is 1.58. The molecule has 2 atom stereocenters. The molecule has 1 aliphatic rings. The zero-order chi connectivity index (χ0) is 19.3. The van der Waals surface area contributed by atoms with Gasteiger partial charge in [0.05, 0.1) is 17.7 Å². The number of para-hydroxylation sites is 1. The number of nitrogens with zero attached hydrogens (tertiary/aromatic N) is 4. The summed E-state index contributed by atoms with van der Waals surface area (Å²) >= 11 is 0. The van der Waals surface area contributed by atoms with Gasteiger partial charge in [-0.3, -0.25) is 9.88 Å². The molecule has 0 aliphatic carbocycles. The van der Waals surface area contributed by atoms with Crippen molar-refractivity contribution in [2.75, 3.05) is 31.5 Å². The Kier molecular flexibility index (Phi) is 5.78. The van der Waals surface area contributed by atoms with Crippen LogP contribution in [0, 0.1) is 0 Å². The van der Waals surface area contributed by atoms with Gasteiger partial charge >= 0.3 is 0 Å². The van der Waals surface area contributed by atoms with Gasteiger partial charge in [0.25, 0.3) is 0 Å². The van der Waals surface area contributed by atoms with Crippen LogP contribution in [0.15, 0.2) is 48.8 Å². The van der Waals surface area contributed by atoms with Crippen molar-refractivity contribution in [2.24, 2.45) is 0 Å². The Balaban J connectivity index is 1.45. The number of aromatic nitrogens is 3. The van der Waals surface area contributed by atoms with E-state index in [0.29, 0.717) is 18.0 Å². The van der Waals surface area contributed by atoms with E-state index in [0.717, 1.165) is 54.9 Å². The van der Waals surface area contributed by atoms with Crippen LogP contribution in [0.4, 0.5) is 5.82 Å². The molecule has 3 heterocycles. The highest BCUT2D eigenvalue weighted by Crippen LogP contribution is 2.24. The Labute approximate surface area is 166 Å². The van der Waals surface area contributed by atoms with Crippen molar-refractivity contribution in [2.45, 2.75) is 32.5 Å². The van der Waals surface area contributed by atoms with Gasteiger partial charge < -0.3 is 10.1 Å². The lowest BCUT2D eigenvalue weighted by Crippen LogP contribution is -2.45. The fourth-order valence-corrected chi connectivity index (χ4v) is 3.81. The highest BCUT2D eigenvalue weighted by atomic mass is 16.5. The Morgan fingerprint density at radius 2 is 1.89 bits per heavy atom. The molecule has 4 rings (SSSR count). The number of benzene rings is 1. The van der Waals surface area contributed by atoms with Gasteiger partial charge in [-0.1, -0.05) is 12.1 Å². The summed E-state index contributed by atoms with van der Waals surface area (Å²) in [4.78, 5) is 16.2. The first-order chi connectivity index (χ1) is 13.7. The molecule has 6 heteroatoms. The Bertz CT molecular complexity index is 907. The summed E-state index contributed by atoms with van der Waals surface area (Å²) in [6.07, 6.45) is 5.24. The summed E-state index contributed by atoms with van der Waals surface area (Å²) in [7, 11) is 0. The van der Waals surface area contributed by atoms with Crippen molar-refractivity contribution in [3.05, 3.63) is 48.8 Å². The van der Waals surface area contributed by atoms with Gasteiger partial charge in [0.1, 0.15) is 5.82 Å². The number of rotatable bonds is 6. The Morgan fingerprint density at radius 1 is 1.07 bits per heavy atom. The third-order valence-electron chi connectivity index (χ3n) is 4.96. The second kappa shape index (κ2) is 8.63. The molecule has 1 saturated heterocycles. The van der Waals surface area contributed by atoms with E-state index in [4.69, 9.17) is 14.7 Å². The lowest BCUT2D eigenvalue weighted by atomic mass is 10.2. The number of hydrogen-bond acceptors (Lipinski definition) is 6. The summed E-state index contributed by atoms with van der Waals surface area (Å²) in [6, 6.07) is 12.0. The van der Waals surface area contributed by atoms with E-state index in [1.807, 2.05) is 30.3 Å². The van der Waals surface area contributed by atoms with E-state index in [1.165, 1.54) is 0 Å². The highest BCUT2D eigenvalue weighted by Gasteiger charge is 2.21. The van der Waals surface area contributed by atoms with Crippen molar-refractivity contribution in [3.8, 4) is 11.4 Å². The van der Waals surface area contributed by atoms with Crippen LogP contribution in [0.1, 0.15) is 20.3 Å². The number of morpholine rings is 1. The summed E-state index contributed by atoms with van der Waals surface area (Å²) in [5.41, 5.74) is 1.86. The number of ether oxygens (including phenoxy) is 1. The first kappa shape index (κ1) is 18.8. The third-order valence-corrected chi connectivity index (χ3v) is 4.96. The van der Waals surface area contributed by atoms with Crippen LogP contribution in [0.2, 0.25) is 0 Å². The summed E-state index contributed by atoms with van der Waals surface area (Å²) in [6.45, 7) is 8.23. The molecular formula is C22H27N5O. The number of pyridine rings is 1. The van der Waals surface area contributed by atoms with Crippen molar-refractivity contribution in [1.82, 2.24) is 19.9 Å². The normalized spacial score (nSPS) is 20.4. The largest absolute Gasteiger partial charge is 0.373 e. The second-order valence-electron chi connectivity index (χ2n) is 7.45. The molecular weight excluding hydrogens is 350 g/mol. The minimum atomic E-state index is 0.310. The Hall–Kier alpha value is -2.57. The number of nitrogens with one attached hydrogen (secondary N) is 1. The minimum absolute atomic E-state index is 0.310. The zero-order valence-electron chi connectivity index (χ0n) is 16.5. The van der Waals surface area contributed by atoms with Crippen molar-refractivity contribution in [1.29, 1.82) is 0 Å². The molecule has 0 saturated carbocycles. The maximum absolute atomic E-state index is 5.82. The highest BCUT2D eigenvalue weighted by molar-refractivity contribution is 5.90. The van der Waals surface area contributed by atoms with Gasteiger partial charge in [-0.2, -0.15) is 0 Å². The van der Waals surface area contributed by atoms with Crippen molar-refractivity contribution < 1.29 is 4.74 Å². The number of anilines is 1. The van der Waals surface area contributed by atoms with Crippen LogP contribution in [0.5, 0.6) is 0 Å². The predicted octanol–water partition coefficient (Wildman–Crippen LogP) is 3.60. The molecule has 0 spiro atoms. The van der Waals surface area contributed by atoms with Gasteiger partial charge in [-0.05, 0) is 44.5 Å². The summed E-state index contributed by atoms with van der Waals surface area (Å²) in [5, 5.41) is 4.58. The molecule has 2 aromatic heterocycles. The molecule has 1 aromatic carbocycles. The smallest absolute Gasteiger partial charge is 0.163 e. The zero-order valence-corrected chi connectivity index (χ0v) is 16.5. The number of hydrogen-bond donors (Lipinski definition) is 1. The predicted molar refractivity (Wildman–Crippen MR) is 112 cm³/mol. The van der Waals surface area contributed by atoms with E-state index in [9.17, 15) is 0 Å². The number of fused-ring (bicyclic) bond motifs is 1.